The molecule has 0 fully saturated rings. The summed E-state index contributed by atoms with van der Waals surface area (Å²) in [7, 11) is 0. The summed E-state index contributed by atoms with van der Waals surface area (Å²) in [5, 5.41) is 17.6. The summed E-state index contributed by atoms with van der Waals surface area (Å²) >= 11 is 0. The molecule has 1 aromatic carbocycles. The minimum absolute atomic E-state index is 0.529. The average molecular weight is 249 g/mol. The van der Waals surface area contributed by atoms with E-state index >= 15 is 0 Å². The molecular formula is C14H11N5. The lowest BCUT2D eigenvalue weighted by atomic mass is 10.1. The van der Waals surface area contributed by atoms with Gasteiger partial charge in [-0.15, -0.1) is 5.10 Å². The van der Waals surface area contributed by atoms with Crippen molar-refractivity contribution in [2.75, 3.05) is 0 Å². The topological polar surface area (TPSA) is 67.4 Å². The van der Waals surface area contributed by atoms with Crippen LogP contribution in [-0.4, -0.2) is 20.0 Å². The van der Waals surface area contributed by atoms with Crippen molar-refractivity contribution in [3.8, 4) is 11.8 Å². The maximum atomic E-state index is 9.31. The fourth-order valence-electron chi connectivity index (χ4n) is 2.16. The molecule has 0 aliphatic carbocycles. The average Bonchev–Trinajstić information content (AvgIpc) is 2.81. The Morgan fingerprint density at radius 2 is 2.00 bits per heavy atom. The molecule has 0 saturated carbocycles. The highest BCUT2D eigenvalue weighted by atomic mass is 15.4. The van der Waals surface area contributed by atoms with Crippen molar-refractivity contribution in [1.29, 1.82) is 5.26 Å². The number of pyridine rings is 1. The normalized spacial score (nSPS) is 10.6. The Bertz CT molecular complexity index is 810. The smallest absolute Gasteiger partial charge is 0.113 e. The number of aromatic nitrogens is 4. The van der Waals surface area contributed by atoms with Gasteiger partial charge in [0.2, 0.25) is 0 Å². The SMILES string of the molecule is Cc1cc(-n2nnc3ccccc32)c(C#N)c(C)n1. The van der Waals surface area contributed by atoms with Crippen LogP contribution >= 0.6 is 0 Å². The van der Waals surface area contributed by atoms with Crippen molar-refractivity contribution in [1.82, 2.24) is 20.0 Å². The predicted molar refractivity (Wildman–Crippen MR) is 70.8 cm³/mol. The van der Waals surface area contributed by atoms with Gasteiger partial charge in [-0.2, -0.15) is 5.26 Å². The van der Waals surface area contributed by atoms with E-state index in [9.17, 15) is 5.26 Å². The van der Waals surface area contributed by atoms with Gasteiger partial charge in [-0.05, 0) is 32.0 Å². The standard InChI is InChI=1S/C14H11N5/c1-9-7-14(11(8-15)10(2)16-9)19-13-6-4-3-5-12(13)17-18-19/h3-7H,1-2H3. The van der Waals surface area contributed by atoms with E-state index in [0.29, 0.717) is 11.3 Å². The van der Waals surface area contributed by atoms with Gasteiger partial charge < -0.3 is 0 Å². The lowest BCUT2D eigenvalue weighted by Crippen LogP contribution is -2.04. The molecule has 0 N–H and O–H groups in total. The van der Waals surface area contributed by atoms with E-state index in [4.69, 9.17) is 0 Å². The predicted octanol–water partition coefficient (Wildman–Crippen LogP) is 2.30. The highest BCUT2D eigenvalue weighted by molar-refractivity contribution is 5.76. The molecule has 0 spiro atoms. The van der Waals surface area contributed by atoms with Crippen LogP contribution in [0.15, 0.2) is 30.3 Å². The molecule has 3 rings (SSSR count). The third-order valence-electron chi connectivity index (χ3n) is 3.00. The van der Waals surface area contributed by atoms with Crippen molar-refractivity contribution in [3.05, 3.63) is 47.3 Å². The van der Waals surface area contributed by atoms with E-state index in [2.05, 4.69) is 21.4 Å². The van der Waals surface area contributed by atoms with Gasteiger partial charge in [0, 0.05) is 5.69 Å². The summed E-state index contributed by atoms with van der Waals surface area (Å²) in [5.74, 6) is 0. The Balaban J connectivity index is 2.36. The molecule has 0 unspecified atom stereocenters. The fraction of sp³-hybridized carbons (Fsp3) is 0.143. The Morgan fingerprint density at radius 3 is 2.79 bits per heavy atom. The maximum absolute atomic E-state index is 9.31. The van der Waals surface area contributed by atoms with Gasteiger partial charge in [-0.25, -0.2) is 4.68 Å². The fourth-order valence-corrected chi connectivity index (χ4v) is 2.16. The monoisotopic (exact) mass is 249 g/mol. The Kier molecular flexibility index (Phi) is 2.50. The van der Waals surface area contributed by atoms with Crippen LogP contribution in [0.3, 0.4) is 0 Å². The van der Waals surface area contributed by atoms with Crippen molar-refractivity contribution in [2.45, 2.75) is 13.8 Å². The molecular weight excluding hydrogens is 238 g/mol. The van der Waals surface area contributed by atoms with E-state index in [1.54, 1.807) is 4.68 Å². The molecule has 0 bridgehead atoms. The van der Waals surface area contributed by atoms with Gasteiger partial charge in [-0.1, -0.05) is 17.3 Å². The second-order valence-electron chi connectivity index (χ2n) is 4.34. The van der Waals surface area contributed by atoms with E-state index in [-0.39, 0.29) is 0 Å². The Morgan fingerprint density at radius 1 is 1.21 bits per heavy atom. The van der Waals surface area contributed by atoms with Crippen molar-refractivity contribution < 1.29 is 0 Å². The van der Waals surface area contributed by atoms with E-state index in [0.717, 1.165) is 22.4 Å². The van der Waals surface area contributed by atoms with Gasteiger partial charge in [-0.3, -0.25) is 4.98 Å². The molecule has 0 radical (unpaired) electrons. The van der Waals surface area contributed by atoms with Crippen LogP contribution in [0, 0.1) is 25.2 Å². The number of hydrogen-bond donors (Lipinski definition) is 0. The van der Waals surface area contributed by atoms with E-state index < -0.39 is 0 Å². The molecule has 2 aromatic heterocycles. The summed E-state index contributed by atoms with van der Waals surface area (Å²) < 4.78 is 1.69. The number of hydrogen-bond acceptors (Lipinski definition) is 4. The second-order valence-corrected chi connectivity index (χ2v) is 4.34. The highest BCUT2D eigenvalue weighted by Crippen LogP contribution is 2.21. The van der Waals surface area contributed by atoms with Crippen LogP contribution in [0.5, 0.6) is 0 Å². The Labute approximate surface area is 110 Å². The number of para-hydroxylation sites is 1. The van der Waals surface area contributed by atoms with Crippen molar-refractivity contribution >= 4 is 11.0 Å². The zero-order valence-corrected chi connectivity index (χ0v) is 10.6. The molecule has 5 nitrogen and oxygen atoms in total. The minimum atomic E-state index is 0.529. The molecule has 0 aliphatic heterocycles. The quantitative estimate of drug-likeness (QED) is 0.663. The van der Waals surface area contributed by atoms with Crippen LogP contribution < -0.4 is 0 Å². The molecule has 3 aromatic rings. The number of benzene rings is 1. The third-order valence-corrected chi connectivity index (χ3v) is 3.00. The van der Waals surface area contributed by atoms with Crippen LogP contribution in [0.25, 0.3) is 16.7 Å². The van der Waals surface area contributed by atoms with Gasteiger partial charge in [0.05, 0.1) is 22.5 Å². The number of aryl methyl sites for hydroxylation is 2. The van der Waals surface area contributed by atoms with Crippen molar-refractivity contribution in [3.63, 3.8) is 0 Å². The first-order chi connectivity index (χ1) is 9.20. The molecule has 2 heterocycles. The van der Waals surface area contributed by atoms with Crippen LogP contribution in [0.4, 0.5) is 0 Å². The Hall–Kier alpha value is -2.74. The van der Waals surface area contributed by atoms with Gasteiger partial charge in [0.1, 0.15) is 11.6 Å². The molecule has 0 atom stereocenters. The summed E-state index contributed by atoms with van der Waals surface area (Å²) in [6.45, 7) is 3.73. The number of fused-ring (bicyclic) bond motifs is 1. The second kappa shape index (κ2) is 4.18. The van der Waals surface area contributed by atoms with Crippen LogP contribution in [0.1, 0.15) is 17.0 Å². The van der Waals surface area contributed by atoms with Gasteiger partial charge in [0.25, 0.3) is 0 Å². The molecule has 0 amide bonds. The number of rotatable bonds is 1. The molecule has 92 valence electrons. The summed E-state index contributed by atoms with van der Waals surface area (Å²) in [6, 6.07) is 11.7. The third kappa shape index (κ3) is 1.74. The summed E-state index contributed by atoms with van der Waals surface area (Å²) in [4.78, 5) is 4.31. The number of nitrogens with zero attached hydrogens (tertiary/aromatic N) is 5. The van der Waals surface area contributed by atoms with Gasteiger partial charge in [0.15, 0.2) is 0 Å². The zero-order valence-electron chi connectivity index (χ0n) is 10.6. The largest absolute Gasteiger partial charge is 0.257 e. The lowest BCUT2D eigenvalue weighted by Gasteiger charge is -2.08. The van der Waals surface area contributed by atoms with Crippen LogP contribution in [-0.2, 0) is 0 Å². The molecule has 0 aliphatic rings. The van der Waals surface area contributed by atoms with Crippen molar-refractivity contribution in [2.24, 2.45) is 0 Å². The molecule has 0 saturated heterocycles. The first-order valence-corrected chi connectivity index (χ1v) is 5.90. The first-order valence-electron chi connectivity index (χ1n) is 5.90. The summed E-state index contributed by atoms with van der Waals surface area (Å²) in [6.07, 6.45) is 0. The zero-order chi connectivity index (χ0) is 13.4. The molecule has 19 heavy (non-hydrogen) atoms. The lowest BCUT2D eigenvalue weighted by molar-refractivity contribution is 0.816. The minimum Gasteiger partial charge on any atom is -0.257 e. The first kappa shape index (κ1) is 11.4. The van der Waals surface area contributed by atoms with Gasteiger partial charge >= 0.3 is 0 Å². The molecule has 5 heteroatoms. The van der Waals surface area contributed by atoms with E-state index in [1.807, 2.05) is 44.2 Å². The van der Waals surface area contributed by atoms with E-state index in [1.165, 1.54) is 0 Å². The highest BCUT2D eigenvalue weighted by Gasteiger charge is 2.13. The maximum Gasteiger partial charge on any atom is 0.113 e. The number of nitriles is 1. The summed E-state index contributed by atoms with van der Waals surface area (Å²) in [5.41, 5.74) is 4.49. The van der Waals surface area contributed by atoms with Crippen LogP contribution in [0.2, 0.25) is 0 Å².